The maximum Gasteiger partial charge on any atom is 0.0449 e. The molecule has 0 heterocycles. The van der Waals surface area contributed by atoms with Gasteiger partial charge in [0.25, 0.3) is 0 Å². The van der Waals surface area contributed by atoms with E-state index in [1.54, 1.807) is 0 Å². The van der Waals surface area contributed by atoms with Crippen LogP contribution in [0.5, 0.6) is 0 Å². The van der Waals surface area contributed by atoms with Crippen molar-refractivity contribution < 1.29 is 0 Å². The second-order valence-electron chi connectivity index (χ2n) is 4.57. The first kappa shape index (κ1) is 12.9. The Labute approximate surface area is 119 Å². The molecule has 1 saturated carbocycles. The molecule has 88 valence electrons. The fourth-order valence-electron chi connectivity index (χ4n) is 2.41. The summed E-state index contributed by atoms with van der Waals surface area (Å²) in [5, 5.41) is 0.895. The lowest BCUT2D eigenvalue weighted by Gasteiger charge is -2.25. The number of alkyl halides is 1. The number of benzene rings is 1. The van der Waals surface area contributed by atoms with Crippen molar-refractivity contribution in [1.29, 1.82) is 0 Å². The molecule has 1 aliphatic carbocycles. The topological polar surface area (TPSA) is 0 Å². The van der Waals surface area contributed by atoms with Crippen LogP contribution in [0.1, 0.15) is 31.2 Å². The van der Waals surface area contributed by atoms with Crippen molar-refractivity contribution in [2.24, 2.45) is 5.92 Å². The molecule has 3 heteroatoms. The van der Waals surface area contributed by atoms with Crippen molar-refractivity contribution >= 4 is 43.5 Å². The van der Waals surface area contributed by atoms with Gasteiger partial charge < -0.3 is 0 Å². The predicted molar refractivity (Wildman–Crippen MR) is 77.5 cm³/mol. The highest BCUT2D eigenvalue weighted by Crippen LogP contribution is 2.33. The minimum absolute atomic E-state index is 0.709. The Morgan fingerprint density at radius 3 is 2.81 bits per heavy atom. The molecule has 0 nitrogen and oxygen atoms in total. The second kappa shape index (κ2) is 5.88. The Morgan fingerprint density at radius 1 is 1.31 bits per heavy atom. The van der Waals surface area contributed by atoms with Gasteiger partial charge in [0.2, 0.25) is 0 Å². The first-order valence-corrected chi connectivity index (χ1v) is 7.82. The van der Waals surface area contributed by atoms with E-state index in [9.17, 15) is 0 Å². The zero-order valence-corrected chi connectivity index (χ0v) is 13.0. The molecule has 1 aromatic rings. The van der Waals surface area contributed by atoms with E-state index in [1.807, 2.05) is 6.07 Å². The van der Waals surface area contributed by atoms with Crippen LogP contribution in [-0.2, 0) is 6.42 Å². The highest BCUT2D eigenvalue weighted by atomic mass is 79.9. The van der Waals surface area contributed by atoms with E-state index < -0.39 is 0 Å². The minimum Gasteiger partial charge on any atom is -0.0891 e. The molecule has 1 aliphatic rings. The molecule has 2 rings (SSSR count). The Bertz CT molecular complexity index is 365. The predicted octanol–water partition coefficient (Wildman–Crippen LogP) is 5.60. The van der Waals surface area contributed by atoms with Gasteiger partial charge in [-0.1, -0.05) is 62.4 Å². The quantitative estimate of drug-likeness (QED) is 0.598. The summed E-state index contributed by atoms with van der Waals surface area (Å²) in [6.07, 6.45) is 6.41. The SMILES string of the molecule is Clc1cc(Br)ccc1CC1CCCC(Br)C1. The molecule has 0 saturated heterocycles. The second-order valence-corrected chi connectivity index (χ2v) is 7.19. The number of hydrogen-bond acceptors (Lipinski definition) is 0. The fourth-order valence-corrected chi connectivity index (χ4v) is 4.01. The normalized spacial score (nSPS) is 25.7. The van der Waals surface area contributed by atoms with Crippen LogP contribution in [0.25, 0.3) is 0 Å². The lowest BCUT2D eigenvalue weighted by Crippen LogP contribution is -2.17. The zero-order chi connectivity index (χ0) is 11.5. The van der Waals surface area contributed by atoms with Gasteiger partial charge in [-0.3, -0.25) is 0 Å². The van der Waals surface area contributed by atoms with Crippen molar-refractivity contribution in [3.05, 3.63) is 33.3 Å². The van der Waals surface area contributed by atoms with E-state index in [1.165, 1.54) is 31.2 Å². The molecule has 0 N–H and O–H groups in total. The largest absolute Gasteiger partial charge is 0.0891 e. The van der Waals surface area contributed by atoms with E-state index in [4.69, 9.17) is 11.6 Å². The van der Waals surface area contributed by atoms with Gasteiger partial charge in [-0.25, -0.2) is 0 Å². The molecule has 0 amide bonds. The van der Waals surface area contributed by atoms with E-state index in [0.717, 1.165) is 21.8 Å². The third-order valence-corrected chi connectivity index (χ3v) is 4.92. The summed E-state index contributed by atoms with van der Waals surface area (Å²) >= 11 is 13.4. The molecule has 0 spiro atoms. The third-order valence-electron chi connectivity index (χ3n) is 3.24. The number of hydrogen-bond donors (Lipinski definition) is 0. The molecule has 0 bridgehead atoms. The first-order chi connectivity index (χ1) is 7.65. The van der Waals surface area contributed by atoms with Gasteiger partial charge in [-0.2, -0.15) is 0 Å². The summed E-state index contributed by atoms with van der Waals surface area (Å²) in [5.74, 6) is 0.789. The molecule has 16 heavy (non-hydrogen) atoms. The Kier molecular flexibility index (Phi) is 4.75. The molecule has 0 aromatic heterocycles. The summed E-state index contributed by atoms with van der Waals surface area (Å²) < 4.78 is 1.06. The van der Waals surface area contributed by atoms with Gasteiger partial charge in [0.1, 0.15) is 0 Å². The third kappa shape index (κ3) is 3.48. The van der Waals surface area contributed by atoms with E-state index in [0.29, 0.717) is 4.83 Å². The maximum atomic E-state index is 6.24. The van der Waals surface area contributed by atoms with Gasteiger partial charge in [0, 0.05) is 14.3 Å². The molecule has 1 fully saturated rings. The average Bonchev–Trinajstić information content (AvgIpc) is 2.22. The van der Waals surface area contributed by atoms with E-state index in [2.05, 4.69) is 44.0 Å². The van der Waals surface area contributed by atoms with Crippen LogP contribution >= 0.6 is 43.5 Å². The molecule has 2 atom stereocenters. The Balaban J connectivity index is 2.02. The van der Waals surface area contributed by atoms with Crippen LogP contribution in [0.2, 0.25) is 5.02 Å². The molecular formula is C13H15Br2Cl. The van der Waals surface area contributed by atoms with Crippen molar-refractivity contribution in [2.45, 2.75) is 36.9 Å². The average molecular weight is 367 g/mol. The lowest BCUT2D eigenvalue weighted by atomic mass is 9.85. The summed E-state index contributed by atoms with van der Waals surface area (Å²) in [6.45, 7) is 0. The number of halogens is 3. The van der Waals surface area contributed by atoms with Crippen LogP contribution in [0.15, 0.2) is 22.7 Å². The van der Waals surface area contributed by atoms with Gasteiger partial charge in [-0.05, 0) is 42.9 Å². The van der Waals surface area contributed by atoms with Crippen LogP contribution in [0.4, 0.5) is 0 Å². The van der Waals surface area contributed by atoms with Crippen molar-refractivity contribution in [3.63, 3.8) is 0 Å². The van der Waals surface area contributed by atoms with E-state index >= 15 is 0 Å². The van der Waals surface area contributed by atoms with Gasteiger partial charge >= 0.3 is 0 Å². The molecule has 0 aliphatic heterocycles. The molecule has 1 aromatic carbocycles. The molecule has 0 radical (unpaired) electrons. The van der Waals surface area contributed by atoms with Gasteiger partial charge in [-0.15, -0.1) is 0 Å². The minimum atomic E-state index is 0.709. The van der Waals surface area contributed by atoms with Crippen molar-refractivity contribution in [3.8, 4) is 0 Å². The summed E-state index contributed by atoms with van der Waals surface area (Å²) in [5.41, 5.74) is 1.29. The van der Waals surface area contributed by atoms with Crippen LogP contribution < -0.4 is 0 Å². The highest BCUT2D eigenvalue weighted by molar-refractivity contribution is 9.10. The van der Waals surface area contributed by atoms with Crippen molar-refractivity contribution in [1.82, 2.24) is 0 Å². The fraction of sp³-hybridized carbons (Fsp3) is 0.538. The van der Waals surface area contributed by atoms with Crippen LogP contribution in [-0.4, -0.2) is 4.83 Å². The summed E-state index contributed by atoms with van der Waals surface area (Å²) in [4.78, 5) is 0.709. The summed E-state index contributed by atoms with van der Waals surface area (Å²) in [7, 11) is 0. The van der Waals surface area contributed by atoms with Gasteiger partial charge in [0.15, 0.2) is 0 Å². The Morgan fingerprint density at radius 2 is 2.12 bits per heavy atom. The standard InChI is InChI=1S/C13H15Br2Cl/c14-11-3-1-2-9(7-11)6-10-4-5-12(15)8-13(10)16/h4-5,8-9,11H,1-3,6-7H2. The lowest BCUT2D eigenvalue weighted by molar-refractivity contribution is 0.368. The van der Waals surface area contributed by atoms with Crippen LogP contribution in [0, 0.1) is 5.92 Å². The monoisotopic (exact) mass is 364 g/mol. The van der Waals surface area contributed by atoms with Crippen LogP contribution in [0.3, 0.4) is 0 Å². The zero-order valence-electron chi connectivity index (χ0n) is 9.06. The Hall–Kier alpha value is 0.470. The molecule has 2 unspecified atom stereocenters. The smallest absolute Gasteiger partial charge is 0.0449 e. The van der Waals surface area contributed by atoms with Gasteiger partial charge in [0.05, 0.1) is 0 Å². The van der Waals surface area contributed by atoms with E-state index in [-0.39, 0.29) is 0 Å². The van der Waals surface area contributed by atoms with Crippen molar-refractivity contribution in [2.75, 3.05) is 0 Å². The first-order valence-electron chi connectivity index (χ1n) is 5.73. The maximum absolute atomic E-state index is 6.24. The number of rotatable bonds is 2. The summed E-state index contributed by atoms with van der Waals surface area (Å²) in [6, 6.07) is 6.21. The highest BCUT2D eigenvalue weighted by Gasteiger charge is 2.20. The molecular weight excluding hydrogens is 351 g/mol.